The van der Waals surface area contributed by atoms with Gasteiger partial charge in [0.15, 0.2) is 0 Å². The summed E-state index contributed by atoms with van der Waals surface area (Å²) in [5.74, 6) is 0.136. The summed E-state index contributed by atoms with van der Waals surface area (Å²) < 4.78 is 31.2. The van der Waals surface area contributed by atoms with E-state index in [0.717, 1.165) is 35.0 Å². The number of rotatable bonds is 6. The molecular formula is C22H25F2NO. The Morgan fingerprint density at radius 3 is 2.42 bits per heavy atom. The summed E-state index contributed by atoms with van der Waals surface area (Å²) >= 11 is 0. The van der Waals surface area contributed by atoms with E-state index < -0.39 is 6.11 Å². The number of hydrogen-bond acceptors (Lipinski definition) is 2. The maximum absolute atomic E-state index is 13.2. The van der Waals surface area contributed by atoms with Crippen molar-refractivity contribution in [2.24, 2.45) is 0 Å². The first-order chi connectivity index (χ1) is 12.2. The fourth-order valence-corrected chi connectivity index (χ4v) is 2.57. The topological polar surface area (TPSA) is 12.5 Å². The number of anilines is 1. The monoisotopic (exact) mass is 357 g/mol. The average molecular weight is 357 g/mol. The van der Waals surface area contributed by atoms with Crippen molar-refractivity contribution in [2.75, 3.05) is 11.9 Å². The molecular weight excluding hydrogens is 332 g/mol. The van der Waals surface area contributed by atoms with Crippen LogP contribution in [0.1, 0.15) is 31.9 Å². The van der Waals surface area contributed by atoms with Gasteiger partial charge in [-0.1, -0.05) is 35.9 Å². The Hall–Kier alpha value is -2.62. The van der Waals surface area contributed by atoms with Gasteiger partial charge in [-0.05, 0) is 56.7 Å². The van der Waals surface area contributed by atoms with Crippen LogP contribution < -0.4 is 9.64 Å². The highest BCUT2D eigenvalue weighted by molar-refractivity contribution is 5.81. The lowest BCUT2D eigenvalue weighted by Crippen LogP contribution is -2.19. The van der Waals surface area contributed by atoms with Gasteiger partial charge in [0.2, 0.25) is 0 Å². The molecule has 0 heterocycles. The number of nitrogens with zero attached hydrogens (tertiary/aromatic N) is 1. The van der Waals surface area contributed by atoms with E-state index >= 15 is 0 Å². The summed E-state index contributed by atoms with van der Waals surface area (Å²) in [6.45, 7) is 6.74. The van der Waals surface area contributed by atoms with Crippen molar-refractivity contribution in [3.8, 4) is 5.75 Å². The Bertz CT molecular complexity index is 819. The third kappa shape index (κ3) is 5.45. The first kappa shape index (κ1) is 19.7. The van der Waals surface area contributed by atoms with Crippen LogP contribution in [0.25, 0.3) is 5.70 Å². The van der Waals surface area contributed by atoms with Crippen molar-refractivity contribution >= 4 is 11.4 Å². The average Bonchev–Trinajstić information content (AvgIpc) is 2.57. The van der Waals surface area contributed by atoms with Crippen LogP contribution in [-0.2, 0) is 0 Å². The van der Waals surface area contributed by atoms with Crippen molar-refractivity contribution in [2.45, 2.75) is 33.8 Å². The molecule has 2 aromatic carbocycles. The molecule has 0 N–H and O–H groups in total. The van der Waals surface area contributed by atoms with Gasteiger partial charge >= 0.3 is 6.11 Å². The molecule has 0 spiro atoms. The summed E-state index contributed by atoms with van der Waals surface area (Å²) in [5, 5.41) is 0. The van der Waals surface area contributed by atoms with Crippen molar-refractivity contribution < 1.29 is 13.5 Å². The van der Waals surface area contributed by atoms with Gasteiger partial charge in [-0.25, -0.2) is 0 Å². The Morgan fingerprint density at radius 1 is 1.12 bits per heavy atom. The number of benzene rings is 2. The largest absolute Gasteiger partial charge is 0.433 e. The predicted molar refractivity (Wildman–Crippen MR) is 105 cm³/mol. The summed E-state index contributed by atoms with van der Waals surface area (Å²) in [4.78, 5) is 2.04. The van der Waals surface area contributed by atoms with Crippen LogP contribution >= 0.6 is 0 Å². The van der Waals surface area contributed by atoms with Gasteiger partial charge in [0.05, 0.1) is 0 Å². The lowest BCUT2D eigenvalue weighted by atomic mass is 10.1. The van der Waals surface area contributed by atoms with E-state index in [4.69, 9.17) is 4.74 Å². The molecule has 0 saturated heterocycles. The smallest absolute Gasteiger partial charge is 0.394 e. The molecule has 0 aliphatic carbocycles. The van der Waals surface area contributed by atoms with Gasteiger partial charge in [-0.2, -0.15) is 8.78 Å². The van der Waals surface area contributed by atoms with Crippen LogP contribution in [0.15, 0.2) is 66.3 Å². The molecule has 0 atom stereocenters. The molecule has 0 aliphatic heterocycles. The second-order valence-corrected chi connectivity index (χ2v) is 6.40. The summed E-state index contributed by atoms with van der Waals surface area (Å²) in [7, 11) is 1.96. The fourth-order valence-electron chi connectivity index (χ4n) is 2.57. The lowest BCUT2D eigenvalue weighted by molar-refractivity contribution is -0.158. The van der Waals surface area contributed by atoms with Gasteiger partial charge in [-0.15, -0.1) is 0 Å². The molecule has 2 nitrogen and oxygen atoms in total. The molecule has 0 aromatic heterocycles. The molecule has 138 valence electrons. The van der Waals surface area contributed by atoms with Crippen molar-refractivity contribution in [3.63, 3.8) is 0 Å². The minimum Gasteiger partial charge on any atom is -0.433 e. The van der Waals surface area contributed by atoms with Gasteiger partial charge < -0.3 is 9.64 Å². The minimum absolute atomic E-state index is 0.136. The number of allylic oxidation sites excluding steroid dienone is 3. The fraction of sp³-hybridized carbons (Fsp3) is 0.273. The van der Waals surface area contributed by atoms with E-state index in [1.165, 1.54) is 6.07 Å². The molecule has 0 aliphatic rings. The molecule has 0 saturated carbocycles. The van der Waals surface area contributed by atoms with Crippen LogP contribution in [-0.4, -0.2) is 13.2 Å². The van der Waals surface area contributed by atoms with E-state index in [2.05, 4.69) is 6.07 Å². The van der Waals surface area contributed by atoms with Gasteiger partial charge in [-0.3, -0.25) is 0 Å². The second kappa shape index (κ2) is 8.17. The maximum atomic E-state index is 13.2. The van der Waals surface area contributed by atoms with Gasteiger partial charge in [0.1, 0.15) is 5.75 Å². The van der Waals surface area contributed by atoms with Crippen LogP contribution in [0, 0.1) is 6.92 Å². The summed E-state index contributed by atoms with van der Waals surface area (Å²) in [6.07, 6.45) is 0.820. The number of ether oxygens (including phenoxy) is 1. The van der Waals surface area contributed by atoms with E-state index in [-0.39, 0.29) is 5.75 Å². The van der Waals surface area contributed by atoms with E-state index in [1.54, 1.807) is 12.1 Å². The molecule has 0 fully saturated rings. The molecule has 26 heavy (non-hydrogen) atoms. The highest BCUT2D eigenvalue weighted by Gasteiger charge is 2.23. The number of hydrogen-bond donors (Lipinski definition) is 0. The molecule has 0 radical (unpaired) electrons. The second-order valence-electron chi connectivity index (χ2n) is 6.40. The zero-order chi connectivity index (χ0) is 19.3. The molecule has 0 unspecified atom stereocenters. The van der Waals surface area contributed by atoms with Gasteiger partial charge in [0, 0.05) is 30.9 Å². The molecule has 0 amide bonds. The first-order valence-corrected chi connectivity index (χ1v) is 8.52. The zero-order valence-corrected chi connectivity index (χ0v) is 15.9. The number of halogens is 2. The van der Waals surface area contributed by atoms with E-state index in [1.807, 2.05) is 69.1 Å². The Labute approximate surface area is 154 Å². The normalized spacial score (nSPS) is 12.9. The quantitative estimate of drug-likeness (QED) is 0.552. The van der Waals surface area contributed by atoms with Crippen molar-refractivity contribution in [3.05, 3.63) is 77.4 Å². The Morgan fingerprint density at radius 2 is 1.81 bits per heavy atom. The number of alkyl halides is 2. The first-order valence-electron chi connectivity index (χ1n) is 8.52. The standard InChI is InChI=1S/C22H25F2NO/c1-6-16(2)14-21(25(5)19-11-7-9-17(3)13-19)18-10-8-12-20(15-18)26-22(4,23)24/h6-15H,1-5H3/b16-6+,21-14-. The highest BCUT2D eigenvalue weighted by Crippen LogP contribution is 2.30. The van der Waals surface area contributed by atoms with Crippen molar-refractivity contribution in [1.82, 2.24) is 0 Å². The number of aryl methyl sites for hydroxylation is 1. The van der Waals surface area contributed by atoms with Crippen LogP contribution in [0.2, 0.25) is 0 Å². The van der Waals surface area contributed by atoms with Crippen LogP contribution in [0.5, 0.6) is 5.75 Å². The van der Waals surface area contributed by atoms with Crippen molar-refractivity contribution in [1.29, 1.82) is 0 Å². The zero-order valence-electron chi connectivity index (χ0n) is 15.9. The Kier molecular flexibility index (Phi) is 6.19. The lowest BCUT2D eigenvalue weighted by Gasteiger charge is -2.24. The molecule has 4 heteroatoms. The van der Waals surface area contributed by atoms with Gasteiger partial charge in [0.25, 0.3) is 0 Å². The van der Waals surface area contributed by atoms with E-state index in [9.17, 15) is 8.78 Å². The third-order valence-electron chi connectivity index (χ3n) is 4.00. The SMILES string of the molecule is C/C=C(C)/C=C(/c1cccc(OC(C)(F)F)c1)N(C)c1cccc(C)c1. The van der Waals surface area contributed by atoms with Crippen LogP contribution in [0.4, 0.5) is 14.5 Å². The molecule has 2 aromatic rings. The molecule has 0 bridgehead atoms. The predicted octanol–water partition coefficient (Wildman–Crippen LogP) is 6.43. The van der Waals surface area contributed by atoms with E-state index in [0.29, 0.717) is 0 Å². The summed E-state index contributed by atoms with van der Waals surface area (Å²) in [5.41, 5.74) is 4.95. The maximum Gasteiger partial charge on any atom is 0.394 e. The molecule has 2 rings (SSSR count). The van der Waals surface area contributed by atoms with Crippen LogP contribution in [0.3, 0.4) is 0 Å². The highest BCUT2D eigenvalue weighted by atomic mass is 19.3. The Balaban J connectivity index is 2.49. The summed E-state index contributed by atoms with van der Waals surface area (Å²) in [6, 6.07) is 14.9. The third-order valence-corrected chi connectivity index (χ3v) is 4.00. The minimum atomic E-state index is -3.22.